The summed E-state index contributed by atoms with van der Waals surface area (Å²) in [6.07, 6.45) is 2.38. The van der Waals surface area contributed by atoms with Crippen LogP contribution >= 0.6 is 0 Å². The summed E-state index contributed by atoms with van der Waals surface area (Å²) in [6.45, 7) is 0.477. The normalized spacial score (nSPS) is 12.2. The van der Waals surface area contributed by atoms with E-state index in [9.17, 15) is 9.59 Å². The molecule has 4 nitrogen and oxygen atoms in total. The van der Waals surface area contributed by atoms with Gasteiger partial charge in [0.2, 0.25) is 0 Å². The number of aryl methyl sites for hydroxylation is 1. The molecule has 5 rings (SSSR count). The average molecular weight is 352 g/mol. The second-order valence-electron chi connectivity index (χ2n) is 6.67. The zero-order chi connectivity index (χ0) is 18.4. The van der Waals surface area contributed by atoms with E-state index in [1.54, 1.807) is 16.8 Å². The summed E-state index contributed by atoms with van der Waals surface area (Å²) in [4.78, 5) is 30.7. The summed E-state index contributed by atoms with van der Waals surface area (Å²) in [5, 5.41) is 1.31. The summed E-state index contributed by atoms with van der Waals surface area (Å²) in [6, 6.07) is 20.7. The van der Waals surface area contributed by atoms with Crippen molar-refractivity contribution in [2.75, 3.05) is 0 Å². The average Bonchev–Trinajstić information content (AvgIpc) is 3.02. The largest absolute Gasteiger partial charge is 0.307 e. The van der Waals surface area contributed by atoms with E-state index < -0.39 is 0 Å². The molecule has 130 valence electrons. The Labute approximate surface area is 155 Å². The Morgan fingerprint density at radius 2 is 1.48 bits per heavy atom. The predicted molar refractivity (Wildman–Crippen MR) is 105 cm³/mol. The van der Waals surface area contributed by atoms with Crippen LogP contribution in [0.2, 0.25) is 0 Å². The molecule has 1 aliphatic carbocycles. The van der Waals surface area contributed by atoms with Gasteiger partial charge < -0.3 is 4.57 Å². The van der Waals surface area contributed by atoms with Crippen LogP contribution in [0.3, 0.4) is 0 Å². The lowest BCUT2D eigenvalue weighted by molar-refractivity contribution is 0.104. The molecular formula is C23H16N2O2. The molecule has 0 N–H and O–H groups in total. The van der Waals surface area contributed by atoms with Gasteiger partial charge in [-0.15, -0.1) is 0 Å². The van der Waals surface area contributed by atoms with E-state index in [4.69, 9.17) is 0 Å². The maximum absolute atomic E-state index is 13.3. The molecule has 2 heterocycles. The van der Waals surface area contributed by atoms with Crippen LogP contribution < -0.4 is 5.56 Å². The van der Waals surface area contributed by atoms with Gasteiger partial charge in [-0.3, -0.25) is 14.6 Å². The topological polar surface area (TPSA) is 52.0 Å². The van der Waals surface area contributed by atoms with Crippen LogP contribution in [0.15, 0.2) is 77.7 Å². The van der Waals surface area contributed by atoms with Gasteiger partial charge in [0.05, 0.1) is 11.3 Å². The van der Waals surface area contributed by atoms with Crippen LogP contribution in [-0.4, -0.2) is 15.3 Å². The molecule has 4 aromatic rings. The standard InChI is InChI=1S/C23H16N2O2/c26-22-18-10-3-2-9-17(18)21-20(22)16-8-1-4-11-19(16)23(27)25(21)14-12-15-7-5-6-13-24-15/h1-11,13H,12,14H2. The molecule has 0 radical (unpaired) electrons. The van der Waals surface area contributed by atoms with Crippen LogP contribution in [0, 0.1) is 0 Å². The molecular weight excluding hydrogens is 336 g/mol. The maximum atomic E-state index is 13.3. The van der Waals surface area contributed by atoms with Gasteiger partial charge in [-0.1, -0.05) is 48.5 Å². The van der Waals surface area contributed by atoms with Crippen molar-refractivity contribution in [1.29, 1.82) is 0 Å². The Hall–Kier alpha value is -3.53. The summed E-state index contributed by atoms with van der Waals surface area (Å²) in [7, 11) is 0. The Bertz CT molecular complexity index is 1260. The number of hydrogen-bond donors (Lipinski definition) is 0. The van der Waals surface area contributed by atoms with Crippen molar-refractivity contribution >= 4 is 16.6 Å². The molecule has 4 heteroatoms. The Morgan fingerprint density at radius 3 is 2.26 bits per heavy atom. The van der Waals surface area contributed by atoms with Gasteiger partial charge in [0, 0.05) is 46.8 Å². The molecule has 2 aromatic heterocycles. The van der Waals surface area contributed by atoms with E-state index in [1.807, 2.05) is 60.7 Å². The van der Waals surface area contributed by atoms with E-state index in [-0.39, 0.29) is 11.3 Å². The quantitative estimate of drug-likeness (QED) is 0.496. The fourth-order valence-electron chi connectivity index (χ4n) is 3.91. The Balaban J connectivity index is 1.78. The van der Waals surface area contributed by atoms with Crippen LogP contribution in [0.1, 0.15) is 21.6 Å². The van der Waals surface area contributed by atoms with Gasteiger partial charge in [-0.2, -0.15) is 0 Å². The maximum Gasteiger partial charge on any atom is 0.258 e. The first-order valence-electron chi connectivity index (χ1n) is 8.95. The summed E-state index contributed by atoms with van der Waals surface area (Å²) >= 11 is 0. The second kappa shape index (κ2) is 6.02. The van der Waals surface area contributed by atoms with Crippen molar-refractivity contribution in [2.45, 2.75) is 13.0 Å². The van der Waals surface area contributed by atoms with E-state index in [2.05, 4.69) is 4.98 Å². The molecule has 27 heavy (non-hydrogen) atoms. The van der Waals surface area contributed by atoms with Crippen LogP contribution in [0.25, 0.3) is 22.0 Å². The van der Waals surface area contributed by atoms with Gasteiger partial charge in [0.25, 0.3) is 5.56 Å². The second-order valence-corrected chi connectivity index (χ2v) is 6.67. The first-order valence-corrected chi connectivity index (χ1v) is 8.95. The smallest absolute Gasteiger partial charge is 0.258 e. The highest BCUT2D eigenvalue weighted by Crippen LogP contribution is 2.39. The van der Waals surface area contributed by atoms with E-state index in [0.717, 1.165) is 22.3 Å². The molecule has 1 aliphatic rings. The number of pyridine rings is 2. The third-order valence-electron chi connectivity index (χ3n) is 5.15. The van der Waals surface area contributed by atoms with Crippen LogP contribution in [0.4, 0.5) is 0 Å². The molecule has 0 fully saturated rings. The Morgan fingerprint density at radius 1 is 0.778 bits per heavy atom. The first-order chi connectivity index (χ1) is 13.3. The fraction of sp³-hybridized carbons (Fsp3) is 0.0870. The monoisotopic (exact) mass is 352 g/mol. The van der Waals surface area contributed by atoms with Crippen molar-refractivity contribution in [2.24, 2.45) is 0 Å². The molecule has 0 saturated heterocycles. The number of aromatic nitrogens is 2. The number of benzene rings is 2. The minimum absolute atomic E-state index is 0.0108. The lowest BCUT2D eigenvalue weighted by atomic mass is 10.0. The highest BCUT2D eigenvalue weighted by atomic mass is 16.1. The molecule has 0 unspecified atom stereocenters. The van der Waals surface area contributed by atoms with Crippen molar-refractivity contribution in [3.05, 3.63) is 100 Å². The molecule has 0 spiro atoms. The summed E-state index contributed by atoms with van der Waals surface area (Å²) < 4.78 is 1.75. The molecule has 0 saturated carbocycles. The lowest BCUT2D eigenvalue weighted by Crippen LogP contribution is -2.24. The lowest BCUT2D eigenvalue weighted by Gasteiger charge is -2.15. The van der Waals surface area contributed by atoms with Crippen LogP contribution in [0.5, 0.6) is 0 Å². The zero-order valence-electron chi connectivity index (χ0n) is 14.6. The summed E-state index contributed by atoms with van der Waals surface area (Å²) in [5.41, 5.74) is 3.72. The van der Waals surface area contributed by atoms with Gasteiger partial charge in [-0.05, 0) is 18.2 Å². The SMILES string of the molecule is O=C1c2ccccc2-c2c1c1ccccc1c(=O)n2CCc1ccccn1. The fourth-order valence-corrected chi connectivity index (χ4v) is 3.91. The zero-order valence-corrected chi connectivity index (χ0v) is 14.6. The molecule has 0 bridgehead atoms. The third kappa shape index (κ3) is 2.34. The molecule has 0 atom stereocenters. The van der Waals surface area contributed by atoms with Gasteiger partial charge in [0.15, 0.2) is 5.78 Å². The number of carbonyl (C=O) groups excluding carboxylic acids is 1. The van der Waals surface area contributed by atoms with Gasteiger partial charge >= 0.3 is 0 Å². The van der Waals surface area contributed by atoms with Crippen molar-refractivity contribution < 1.29 is 4.79 Å². The molecule has 0 aliphatic heterocycles. The summed E-state index contributed by atoms with van der Waals surface area (Å²) in [5.74, 6) is -0.0108. The van der Waals surface area contributed by atoms with Crippen LogP contribution in [-0.2, 0) is 13.0 Å². The van der Waals surface area contributed by atoms with Crippen molar-refractivity contribution in [1.82, 2.24) is 9.55 Å². The van der Waals surface area contributed by atoms with Gasteiger partial charge in [0.1, 0.15) is 0 Å². The predicted octanol–water partition coefficient (Wildman–Crippen LogP) is 3.85. The number of rotatable bonds is 3. The van der Waals surface area contributed by atoms with E-state index >= 15 is 0 Å². The number of carbonyl (C=O) groups is 1. The van der Waals surface area contributed by atoms with E-state index in [1.165, 1.54) is 0 Å². The number of nitrogens with zero attached hydrogens (tertiary/aromatic N) is 2. The minimum atomic E-state index is -0.0650. The molecule has 2 aromatic carbocycles. The highest BCUT2D eigenvalue weighted by Gasteiger charge is 2.32. The molecule has 0 amide bonds. The van der Waals surface area contributed by atoms with Gasteiger partial charge in [-0.25, -0.2) is 0 Å². The number of hydrogen-bond acceptors (Lipinski definition) is 3. The number of fused-ring (bicyclic) bond motifs is 5. The number of ketones is 1. The Kier molecular flexibility index (Phi) is 3.50. The van der Waals surface area contributed by atoms with Crippen molar-refractivity contribution in [3.63, 3.8) is 0 Å². The van der Waals surface area contributed by atoms with E-state index in [0.29, 0.717) is 29.5 Å². The highest BCUT2D eigenvalue weighted by molar-refractivity contribution is 6.26. The van der Waals surface area contributed by atoms with Crippen molar-refractivity contribution in [3.8, 4) is 11.3 Å². The minimum Gasteiger partial charge on any atom is -0.307 e. The third-order valence-corrected chi connectivity index (χ3v) is 5.15. The first kappa shape index (κ1) is 15.7.